The number of carbonyl (C=O) groups excluding carboxylic acids is 1. The molecule has 0 saturated heterocycles. The van der Waals surface area contributed by atoms with Gasteiger partial charge >= 0.3 is 0 Å². The SMILES string of the molecule is COc1ccc(NC(=O)c2nc3c(=O)n(Cc4cccc(F)c4)c4cc(C)ccc4n3n2)cc1. The number of methoxy groups -OCH3 is 1. The predicted octanol–water partition coefficient (Wildman–Crippen LogP) is 3.80. The quantitative estimate of drug-likeness (QED) is 0.434. The van der Waals surface area contributed by atoms with Crippen LogP contribution in [0.25, 0.3) is 16.7 Å². The van der Waals surface area contributed by atoms with Crippen LogP contribution in [0.3, 0.4) is 0 Å². The monoisotopic (exact) mass is 457 g/mol. The molecule has 0 unspecified atom stereocenters. The summed E-state index contributed by atoms with van der Waals surface area (Å²) in [5, 5.41) is 7.04. The van der Waals surface area contributed by atoms with E-state index in [1.165, 1.54) is 21.2 Å². The summed E-state index contributed by atoms with van der Waals surface area (Å²) in [7, 11) is 1.56. The zero-order chi connectivity index (χ0) is 23.8. The molecule has 0 aliphatic heterocycles. The smallest absolute Gasteiger partial charge is 0.296 e. The van der Waals surface area contributed by atoms with Gasteiger partial charge in [0.15, 0.2) is 0 Å². The fourth-order valence-electron chi connectivity index (χ4n) is 3.81. The summed E-state index contributed by atoms with van der Waals surface area (Å²) in [6.45, 7) is 2.06. The third-order valence-electron chi connectivity index (χ3n) is 5.47. The minimum atomic E-state index is -0.551. The molecule has 34 heavy (non-hydrogen) atoms. The second-order valence-corrected chi connectivity index (χ2v) is 7.87. The number of hydrogen-bond donors (Lipinski definition) is 1. The van der Waals surface area contributed by atoms with Crippen LogP contribution >= 0.6 is 0 Å². The fraction of sp³-hybridized carbons (Fsp3) is 0.120. The maximum absolute atomic E-state index is 13.7. The second kappa shape index (κ2) is 8.43. The number of fused-ring (bicyclic) bond motifs is 3. The average molecular weight is 457 g/mol. The second-order valence-electron chi connectivity index (χ2n) is 7.87. The predicted molar refractivity (Wildman–Crippen MR) is 126 cm³/mol. The molecular formula is C25H20FN5O3. The van der Waals surface area contributed by atoms with Crippen molar-refractivity contribution in [1.29, 1.82) is 0 Å². The normalized spacial score (nSPS) is 11.1. The van der Waals surface area contributed by atoms with Crippen LogP contribution < -0.4 is 15.6 Å². The lowest BCUT2D eigenvalue weighted by molar-refractivity contribution is 0.101. The topological polar surface area (TPSA) is 90.5 Å². The Morgan fingerprint density at radius 2 is 1.85 bits per heavy atom. The summed E-state index contributed by atoms with van der Waals surface area (Å²) in [6.07, 6.45) is 0. The number of amides is 1. The molecular weight excluding hydrogens is 437 g/mol. The van der Waals surface area contributed by atoms with Crippen molar-refractivity contribution in [3.63, 3.8) is 0 Å². The first kappa shape index (κ1) is 21.3. The summed E-state index contributed by atoms with van der Waals surface area (Å²) in [4.78, 5) is 30.5. The van der Waals surface area contributed by atoms with Crippen LogP contribution in [0.1, 0.15) is 21.7 Å². The van der Waals surface area contributed by atoms with Gasteiger partial charge in [0.25, 0.3) is 11.5 Å². The Balaban J connectivity index is 1.61. The number of aromatic nitrogens is 4. The van der Waals surface area contributed by atoms with Crippen molar-refractivity contribution < 1.29 is 13.9 Å². The van der Waals surface area contributed by atoms with Crippen molar-refractivity contribution in [1.82, 2.24) is 19.2 Å². The number of halogens is 1. The lowest BCUT2D eigenvalue weighted by Crippen LogP contribution is -2.24. The van der Waals surface area contributed by atoms with E-state index >= 15 is 0 Å². The number of benzene rings is 3. The lowest BCUT2D eigenvalue weighted by Gasteiger charge is -2.12. The van der Waals surface area contributed by atoms with E-state index in [0.717, 1.165) is 5.56 Å². The molecule has 0 fully saturated rings. The van der Waals surface area contributed by atoms with Gasteiger partial charge in [0, 0.05) is 5.69 Å². The van der Waals surface area contributed by atoms with Crippen LogP contribution in [-0.4, -0.2) is 32.2 Å². The van der Waals surface area contributed by atoms with Gasteiger partial charge < -0.3 is 10.1 Å². The van der Waals surface area contributed by atoms with Crippen molar-refractivity contribution in [3.05, 3.63) is 99.9 Å². The van der Waals surface area contributed by atoms with E-state index in [1.807, 2.05) is 25.1 Å². The van der Waals surface area contributed by atoms with Gasteiger partial charge in [0.2, 0.25) is 11.5 Å². The highest BCUT2D eigenvalue weighted by molar-refractivity contribution is 6.02. The summed E-state index contributed by atoms with van der Waals surface area (Å²) < 4.78 is 21.8. The summed E-state index contributed by atoms with van der Waals surface area (Å²) in [5.74, 6) is -0.417. The standard InChI is InChI=1S/C25H20FN5O3/c1-15-6-11-20-21(12-15)30(14-16-4-3-5-17(26)13-16)25(33)23-28-22(29-31(20)23)24(32)27-18-7-9-19(34-2)10-8-18/h3-13H,14H2,1-2H3,(H,27,32). The average Bonchev–Trinajstić information content (AvgIpc) is 3.28. The van der Waals surface area contributed by atoms with Crippen LogP contribution in [0.15, 0.2) is 71.5 Å². The number of rotatable bonds is 5. The first-order chi connectivity index (χ1) is 16.4. The van der Waals surface area contributed by atoms with Crippen molar-refractivity contribution in [2.24, 2.45) is 0 Å². The molecule has 2 aromatic heterocycles. The minimum absolute atomic E-state index is 0.00707. The number of hydrogen-bond acceptors (Lipinski definition) is 5. The lowest BCUT2D eigenvalue weighted by atomic mass is 10.2. The zero-order valence-electron chi connectivity index (χ0n) is 18.4. The van der Waals surface area contributed by atoms with E-state index in [4.69, 9.17) is 4.74 Å². The van der Waals surface area contributed by atoms with Gasteiger partial charge in [-0.25, -0.2) is 8.91 Å². The Labute approximate surface area is 193 Å². The molecule has 5 aromatic rings. The van der Waals surface area contributed by atoms with E-state index in [2.05, 4.69) is 15.4 Å². The van der Waals surface area contributed by atoms with Crippen LogP contribution in [0.5, 0.6) is 5.75 Å². The molecule has 0 bridgehead atoms. The van der Waals surface area contributed by atoms with Gasteiger partial charge in [-0.05, 0) is 66.6 Å². The molecule has 1 N–H and O–H groups in total. The van der Waals surface area contributed by atoms with Crippen LogP contribution in [0.4, 0.5) is 10.1 Å². The highest BCUT2D eigenvalue weighted by Gasteiger charge is 2.19. The van der Waals surface area contributed by atoms with E-state index in [0.29, 0.717) is 28.0 Å². The van der Waals surface area contributed by atoms with Crippen molar-refractivity contribution in [2.75, 3.05) is 12.4 Å². The molecule has 0 radical (unpaired) electrons. The molecule has 170 valence electrons. The van der Waals surface area contributed by atoms with Gasteiger partial charge in [0.1, 0.15) is 11.6 Å². The number of ether oxygens (including phenoxy) is 1. The number of aryl methyl sites for hydroxylation is 1. The first-order valence-electron chi connectivity index (χ1n) is 10.5. The Hall–Kier alpha value is -4.53. The Morgan fingerprint density at radius 3 is 2.59 bits per heavy atom. The molecule has 2 heterocycles. The molecule has 0 aliphatic rings. The van der Waals surface area contributed by atoms with E-state index in [1.54, 1.807) is 43.5 Å². The Bertz CT molecular complexity index is 1610. The summed E-state index contributed by atoms with van der Waals surface area (Å²) >= 11 is 0. The van der Waals surface area contributed by atoms with Crippen molar-refractivity contribution >= 4 is 28.3 Å². The maximum Gasteiger partial charge on any atom is 0.296 e. The molecule has 5 rings (SSSR count). The molecule has 0 aliphatic carbocycles. The molecule has 8 nitrogen and oxygen atoms in total. The summed E-state index contributed by atoms with van der Waals surface area (Å²) in [6, 6.07) is 18.5. The van der Waals surface area contributed by atoms with Gasteiger partial charge in [-0.15, -0.1) is 5.10 Å². The number of nitrogens with one attached hydrogen (secondary N) is 1. The highest BCUT2D eigenvalue weighted by Crippen LogP contribution is 2.19. The third kappa shape index (κ3) is 3.88. The number of carbonyl (C=O) groups is 1. The van der Waals surface area contributed by atoms with Gasteiger partial charge in [-0.2, -0.15) is 4.98 Å². The molecule has 9 heteroatoms. The molecule has 0 spiro atoms. The first-order valence-corrected chi connectivity index (χ1v) is 10.5. The molecule has 1 amide bonds. The van der Waals surface area contributed by atoms with Gasteiger partial charge in [-0.1, -0.05) is 18.2 Å². The van der Waals surface area contributed by atoms with Crippen molar-refractivity contribution in [3.8, 4) is 5.75 Å². The maximum atomic E-state index is 13.7. The fourth-order valence-corrected chi connectivity index (χ4v) is 3.81. The number of nitrogens with zero attached hydrogens (tertiary/aromatic N) is 4. The molecule has 0 atom stereocenters. The third-order valence-corrected chi connectivity index (χ3v) is 5.47. The van der Waals surface area contributed by atoms with Crippen LogP contribution in [0.2, 0.25) is 0 Å². The minimum Gasteiger partial charge on any atom is -0.497 e. The Kier molecular flexibility index (Phi) is 5.29. The van der Waals surface area contributed by atoms with E-state index in [9.17, 15) is 14.0 Å². The molecule has 0 saturated carbocycles. The van der Waals surface area contributed by atoms with E-state index in [-0.39, 0.29) is 23.8 Å². The highest BCUT2D eigenvalue weighted by atomic mass is 19.1. The zero-order valence-corrected chi connectivity index (χ0v) is 18.4. The molecule has 3 aromatic carbocycles. The van der Waals surface area contributed by atoms with Crippen LogP contribution in [-0.2, 0) is 6.54 Å². The van der Waals surface area contributed by atoms with Gasteiger partial charge in [-0.3, -0.25) is 14.2 Å². The Morgan fingerprint density at radius 1 is 1.06 bits per heavy atom. The van der Waals surface area contributed by atoms with Crippen LogP contribution in [0, 0.1) is 12.7 Å². The largest absolute Gasteiger partial charge is 0.497 e. The number of anilines is 1. The van der Waals surface area contributed by atoms with E-state index < -0.39 is 11.5 Å². The van der Waals surface area contributed by atoms with Crippen molar-refractivity contribution in [2.45, 2.75) is 13.5 Å². The summed E-state index contributed by atoms with van der Waals surface area (Å²) in [5.41, 5.74) is 2.89. The van der Waals surface area contributed by atoms with Gasteiger partial charge in [0.05, 0.1) is 24.7 Å².